The average molecular weight is 256 g/mol. The average Bonchev–Trinajstić information content (AvgIpc) is 2.01. The second-order valence-electron chi connectivity index (χ2n) is 1.87. The zero-order chi connectivity index (χ0) is 8.43. The maximum absolute atomic E-state index is 5.82. The lowest BCUT2D eigenvalue weighted by atomic mass is 10.3. The van der Waals surface area contributed by atoms with Crippen molar-refractivity contribution in [2.24, 2.45) is 5.84 Å². The molecule has 1 aromatic rings. The van der Waals surface area contributed by atoms with Gasteiger partial charge in [0, 0.05) is 0 Å². The SMILES string of the molecule is NNc1ccc(Cl)c(Br)c1Cl. The van der Waals surface area contributed by atoms with E-state index in [2.05, 4.69) is 21.4 Å². The van der Waals surface area contributed by atoms with Crippen molar-refractivity contribution in [3.05, 3.63) is 26.7 Å². The Hall–Kier alpha value is 0.0400. The molecular formula is C6H5BrCl2N2. The lowest BCUT2D eigenvalue weighted by Gasteiger charge is -2.05. The third kappa shape index (κ3) is 1.79. The molecule has 0 atom stereocenters. The van der Waals surface area contributed by atoms with Crippen molar-refractivity contribution in [3.63, 3.8) is 0 Å². The molecule has 0 unspecified atom stereocenters. The highest BCUT2D eigenvalue weighted by molar-refractivity contribution is 9.10. The highest BCUT2D eigenvalue weighted by atomic mass is 79.9. The van der Waals surface area contributed by atoms with E-state index in [1.807, 2.05) is 0 Å². The number of anilines is 1. The van der Waals surface area contributed by atoms with Crippen molar-refractivity contribution in [2.75, 3.05) is 5.43 Å². The number of hydrazine groups is 1. The molecule has 0 aliphatic carbocycles. The van der Waals surface area contributed by atoms with Gasteiger partial charge in [-0.25, -0.2) is 0 Å². The zero-order valence-electron chi connectivity index (χ0n) is 5.37. The van der Waals surface area contributed by atoms with E-state index in [0.29, 0.717) is 20.2 Å². The van der Waals surface area contributed by atoms with Crippen LogP contribution in [0.2, 0.25) is 10.0 Å². The van der Waals surface area contributed by atoms with Crippen molar-refractivity contribution in [1.29, 1.82) is 0 Å². The van der Waals surface area contributed by atoms with Gasteiger partial charge < -0.3 is 5.43 Å². The lowest BCUT2D eigenvalue weighted by Crippen LogP contribution is -2.07. The Morgan fingerprint density at radius 2 is 2.00 bits per heavy atom. The van der Waals surface area contributed by atoms with E-state index >= 15 is 0 Å². The van der Waals surface area contributed by atoms with Crippen LogP contribution in [0.25, 0.3) is 0 Å². The number of benzene rings is 1. The van der Waals surface area contributed by atoms with Crippen LogP contribution >= 0.6 is 39.1 Å². The largest absolute Gasteiger partial charge is 0.323 e. The number of halogens is 3. The highest BCUT2D eigenvalue weighted by Gasteiger charge is 2.05. The van der Waals surface area contributed by atoms with E-state index in [-0.39, 0.29) is 0 Å². The molecule has 0 amide bonds. The molecule has 0 aromatic heterocycles. The molecular weight excluding hydrogens is 251 g/mol. The zero-order valence-corrected chi connectivity index (χ0v) is 8.46. The van der Waals surface area contributed by atoms with Crippen molar-refractivity contribution in [3.8, 4) is 0 Å². The number of nitrogens with one attached hydrogen (secondary N) is 1. The van der Waals surface area contributed by atoms with E-state index in [1.165, 1.54) is 0 Å². The van der Waals surface area contributed by atoms with E-state index in [1.54, 1.807) is 12.1 Å². The molecule has 3 N–H and O–H groups in total. The molecule has 2 nitrogen and oxygen atoms in total. The first-order chi connectivity index (χ1) is 5.16. The van der Waals surface area contributed by atoms with Gasteiger partial charge in [-0.15, -0.1) is 0 Å². The van der Waals surface area contributed by atoms with E-state index in [0.717, 1.165) is 0 Å². The molecule has 0 aliphatic rings. The topological polar surface area (TPSA) is 38.0 Å². The third-order valence-electron chi connectivity index (χ3n) is 1.19. The first-order valence-electron chi connectivity index (χ1n) is 2.77. The molecule has 0 spiro atoms. The van der Waals surface area contributed by atoms with Crippen molar-refractivity contribution >= 4 is 44.8 Å². The van der Waals surface area contributed by atoms with Crippen LogP contribution in [0.5, 0.6) is 0 Å². The maximum atomic E-state index is 5.82. The molecule has 5 heteroatoms. The molecule has 0 fully saturated rings. The number of hydrogen-bond acceptors (Lipinski definition) is 2. The van der Waals surface area contributed by atoms with E-state index in [4.69, 9.17) is 29.0 Å². The normalized spacial score (nSPS) is 9.82. The molecule has 11 heavy (non-hydrogen) atoms. The van der Waals surface area contributed by atoms with Crippen LogP contribution in [0, 0.1) is 0 Å². The van der Waals surface area contributed by atoms with Crippen LogP contribution in [-0.2, 0) is 0 Å². The fraction of sp³-hybridized carbons (Fsp3) is 0. The van der Waals surface area contributed by atoms with E-state index in [9.17, 15) is 0 Å². The molecule has 1 aromatic carbocycles. The monoisotopic (exact) mass is 254 g/mol. The Kier molecular flexibility index (Phi) is 3.01. The molecule has 0 radical (unpaired) electrons. The summed E-state index contributed by atoms with van der Waals surface area (Å²) in [6, 6.07) is 3.40. The number of hydrogen-bond donors (Lipinski definition) is 2. The summed E-state index contributed by atoms with van der Waals surface area (Å²) in [6.07, 6.45) is 0. The number of nitrogen functional groups attached to an aromatic ring is 1. The van der Waals surface area contributed by atoms with Crippen LogP contribution in [0.15, 0.2) is 16.6 Å². The Morgan fingerprint density at radius 3 is 2.55 bits per heavy atom. The predicted octanol–water partition coefficient (Wildman–Crippen LogP) is 3.04. The molecule has 1 rings (SSSR count). The van der Waals surface area contributed by atoms with Crippen LogP contribution in [-0.4, -0.2) is 0 Å². The van der Waals surface area contributed by atoms with Gasteiger partial charge in [0.05, 0.1) is 20.2 Å². The standard InChI is InChI=1S/C6H5BrCl2N2/c7-5-3(8)1-2-4(11-10)6(5)9/h1-2,11H,10H2. The molecule has 0 bridgehead atoms. The summed E-state index contributed by atoms with van der Waals surface area (Å²) in [6.45, 7) is 0. The second-order valence-corrected chi connectivity index (χ2v) is 3.45. The molecule has 0 saturated carbocycles. The molecule has 60 valence electrons. The summed E-state index contributed by atoms with van der Waals surface area (Å²) in [4.78, 5) is 0. The van der Waals surface area contributed by atoms with Crippen LogP contribution in [0.3, 0.4) is 0 Å². The third-order valence-corrected chi connectivity index (χ3v) is 3.18. The highest BCUT2D eigenvalue weighted by Crippen LogP contribution is 2.35. The van der Waals surface area contributed by atoms with Crippen LogP contribution < -0.4 is 11.3 Å². The summed E-state index contributed by atoms with van der Waals surface area (Å²) >= 11 is 14.8. The van der Waals surface area contributed by atoms with Gasteiger partial charge in [-0.2, -0.15) is 0 Å². The Balaban J connectivity index is 3.25. The summed E-state index contributed by atoms with van der Waals surface area (Å²) in [5.74, 6) is 5.17. The van der Waals surface area contributed by atoms with Crippen molar-refractivity contribution in [2.45, 2.75) is 0 Å². The minimum Gasteiger partial charge on any atom is -0.323 e. The van der Waals surface area contributed by atoms with Gasteiger partial charge in [-0.3, -0.25) is 5.84 Å². The summed E-state index contributed by atoms with van der Waals surface area (Å²) < 4.78 is 0.649. The predicted molar refractivity (Wildman–Crippen MR) is 52.0 cm³/mol. The van der Waals surface area contributed by atoms with E-state index < -0.39 is 0 Å². The van der Waals surface area contributed by atoms with Gasteiger partial charge in [0.2, 0.25) is 0 Å². The number of nitrogens with two attached hydrogens (primary N) is 1. The molecule has 0 aliphatic heterocycles. The Morgan fingerprint density at radius 1 is 1.36 bits per heavy atom. The van der Waals surface area contributed by atoms with Gasteiger partial charge in [-0.1, -0.05) is 23.2 Å². The first kappa shape index (κ1) is 9.13. The van der Waals surface area contributed by atoms with Crippen LogP contribution in [0.4, 0.5) is 5.69 Å². The fourth-order valence-electron chi connectivity index (χ4n) is 0.637. The van der Waals surface area contributed by atoms with Gasteiger partial charge in [0.1, 0.15) is 0 Å². The van der Waals surface area contributed by atoms with Gasteiger partial charge in [-0.05, 0) is 28.1 Å². The summed E-state index contributed by atoms with van der Waals surface area (Å²) in [5, 5.41) is 1.05. The smallest absolute Gasteiger partial charge is 0.0807 e. The summed E-state index contributed by atoms with van der Waals surface area (Å²) in [7, 11) is 0. The maximum Gasteiger partial charge on any atom is 0.0807 e. The van der Waals surface area contributed by atoms with Crippen molar-refractivity contribution < 1.29 is 0 Å². The second kappa shape index (κ2) is 3.63. The van der Waals surface area contributed by atoms with Crippen molar-refractivity contribution in [1.82, 2.24) is 0 Å². The quantitative estimate of drug-likeness (QED) is 0.460. The van der Waals surface area contributed by atoms with Crippen LogP contribution in [0.1, 0.15) is 0 Å². The minimum atomic E-state index is 0.486. The Labute approximate surface area is 82.8 Å². The minimum absolute atomic E-state index is 0.486. The van der Waals surface area contributed by atoms with Gasteiger partial charge in [0.25, 0.3) is 0 Å². The molecule has 0 heterocycles. The first-order valence-corrected chi connectivity index (χ1v) is 4.32. The summed E-state index contributed by atoms with van der Waals surface area (Å²) in [5.41, 5.74) is 3.08. The van der Waals surface area contributed by atoms with Gasteiger partial charge in [0.15, 0.2) is 0 Å². The Bertz CT molecular complexity index is 278. The van der Waals surface area contributed by atoms with Gasteiger partial charge >= 0.3 is 0 Å². The molecule has 0 saturated heterocycles. The number of rotatable bonds is 1. The lowest BCUT2D eigenvalue weighted by molar-refractivity contribution is 1.35. The fourth-order valence-corrected chi connectivity index (χ4v) is 1.41.